The molecule has 2 N–H and O–H groups in total. The molecule has 2 rings (SSSR count). The van der Waals surface area contributed by atoms with E-state index in [-0.39, 0.29) is 0 Å². The summed E-state index contributed by atoms with van der Waals surface area (Å²) in [6, 6.07) is 1.62. The van der Waals surface area contributed by atoms with E-state index in [9.17, 15) is 0 Å². The van der Waals surface area contributed by atoms with Crippen molar-refractivity contribution in [2.75, 3.05) is 5.73 Å². The Morgan fingerprint density at radius 1 is 1.62 bits per heavy atom. The van der Waals surface area contributed by atoms with E-state index in [4.69, 9.17) is 10.3 Å². The predicted molar refractivity (Wildman–Crippen MR) is 45.6 cm³/mol. The zero-order valence-electron chi connectivity index (χ0n) is 7.14. The van der Waals surface area contributed by atoms with Gasteiger partial charge in [-0.3, -0.25) is 0 Å². The Labute approximate surface area is 74.4 Å². The molecule has 6 heteroatoms. The number of hydrogen-bond acceptors (Lipinski definition) is 5. The Balaban J connectivity index is 2.45. The Kier molecular flexibility index (Phi) is 1.73. The summed E-state index contributed by atoms with van der Waals surface area (Å²) in [6.45, 7) is 2.70. The maximum absolute atomic E-state index is 5.41. The smallest absolute Gasteiger partial charge is 0.206 e. The van der Waals surface area contributed by atoms with Gasteiger partial charge in [-0.05, 0) is 6.92 Å². The molecule has 0 aliphatic rings. The normalized spacial score (nSPS) is 10.5. The fraction of sp³-hybridized carbons (Fsp3) is 0.286. The van der Waals surface area contributed by atoms with E-state index >= 15 is 0 Å². The van der Waals surface area contributed by atoms with Crippen molar-refractivity contribution >= 4 is 5.82 Å². The third-order valence-electron chi connectivity index (χ3n) is 1.66. The van der Waals surface area contributed by atoms with E-state index in [0.717, 1.165) is 6.54 Å². The van der Waals surface area contributed by atoms with Gasteiger partial charge in [-0.1, -0.05) is 5.16 Å². The fourth-order valence-corrected chi connectivity index (χ4v) is 1.08. The van der Waals surface area contributed by atoms with Crippen LogP contribution in [0.4, 0.5) is 5.82 Å². The van der Waals surface area contributed by atoms with E-state index in [0.29, 0.717) is 17.4 Å². The van der Waals surface area contributed by atoms with Crippen LogP contribution in [0.3, 0.4) is 0 Å². The monoisotopic (exact) mass is 179 g/mol. The molecule has 0 amide bonds. The summed E-state index contributed by atoms with van der Waals surface area (Å²) >= 11 is 0. The number of nitrogens with two attached hydrogens (primary N) is 1. The lowest BCUT2D eigenvalue weighted by molar-refractivity contribution is 0.429. The number of aryl methyl sites for hydroxylation is 1. The van der Waals surface area contributed by atoms with E-state index < -0.39 is 0 Å². The molecular formula is C7H9N5O. The Hall–Kier alpha value is -1.85. The molecule has 0 spiro atoms. The van der Waals surface area contributed by atoms with Crippen LogP contribution >= 0.6 is 0 Å². The second-order valence-electron chi connectivity index (χ2n) is 2.52. The summed E-state index contributed by atoms with van der Waals surface area (Å²) in [5.74, 6) is 1.53. The van der Waals surface area contributed by atoms with Crippen LogP contribution in [-0.4, -0.2) is 19.9 Å². The average molecular weight is 179 g/mol. The summed E-state index contributed by atoms with van der Waals surface area (Å²) in [4.78, 5) is 4.03. The molecule has 0 aromatic carbocycles. The standard InChI is InChI=1S/C7H9N5O/c1-2-12-7(9-4-10-12)5-3-6(8)11-13-5/h3-4H,2H2,1H3,(H2,8,11). The van der Waals surface area contributed by atoms with Gasteiger partial charge in [0.15, 0.2) is 11.6 Å². The number of aromatic nitrogens is 4. The van der Waals surface area contributed by atoms with Crippen LogP contribution in [0.1, 0.15) is 6.92 Å². The fourth-order valence-electron chi connectivity index (χ4n) is 1.08. The number of anilines is 1. The highest BCUT2D eigenvalue weighted by Gasteiger charge is 2.10. The van der Waals surface area contributed by atoms with Gasteiger partial charge in [-0.15, -0.1) is 0 Å². The molecule has 2 aromatic heterocycles. The minimum Gasteiger partial charge on any atom is -0.381 e. The topological polar surface area (TPSA) is 82.8 Å². The van der Waals surface area contributed by atoms with Crippen LogP contribution in [0.25, 0.3) is 11.6 Å². The van der Waals surface area contributed by atoms with Gasteiger partial charge in [-0.2, -0.15) is 5.10 Å². The minimum atomic E-state index is 0.348. The van der Waals surface area contributed by atoms with Crippen molar-refractivity contribution in [1.82, 2.24) is 19.9 Å². The van der Waals surface area contributed by atoms with Crippen molar-refractivity contribution in [3.63, 3.8) is 0 Å². The van der Waals surface area contributed by atoms with Crippen molar-refractivity contribution in [1.29, 1.82) is 0 Å². The van der Waals surface area contributed by atoms with E-state index in [1.807, 2.05) is 6.92 Å². The van der Waals surface area contributed by atoms with Gasteiger partial charge in [0.1, 0.15) is 6.33 Å². The largest absolute Gasteiger partial charge is 0.381 e. The molecule has 0 radical (unpaired) electrons. The zero-order chi connectivity index (χ0) is 9.26. The van der Waals surface area contributed by atoms with Gasteiger partial charge >= 0.3 is 0 Å². The number of rotatable bonds is 2. The predicted octanol–water partition coefficient (Wildman–Crippen LogP) is 0.535. The van der Waals surface area contributed by atoms with Gasteiger partial charge in [0, 0.05) is 12.6 Å². The highest BCUT2D eigenvalue weighted by Crippen LogP contribution is 2.17. The first kappa shape index (κ1) is 7.78. The van der Waals surface area contributed by atoms with Crippen molar-refractivity contribution < 1.29 is 4.52 Å². The van der Waals surface area contributed by atoms with Crippen LogP contribution < -0.4 is 5.73 Å². The molecule has 0 atom stereocenters. The first-order valence-corrected chi connectivity index (χ1v) is 3.91. The highest BCUT2D eigenvalue weighted by molar-refractivity contribution is 5.50. The Morgan fingerprint density at radius 3 is 3.08 bits per heavy atom. The molecule has 0 unspecified atom stereocenters. The van der Waals surface area contributed by atoms with E-state index in [1.165, 1.54) is 6.33 Å². The number of nitrogens with zero attached hydrogens (tertiary/aromatic N) is 4. The third-order valence-corrected chi connectivity index (χ3v) is 1.66. The van der Waals surface area contributed by atoms with Gasteiger partial charge in [0.2, 0.25) is 5.76 Å². The van der Waals surface area contributed by atoms with Crippen LogP contribution in [0.15, 0.2) is 16.9 Å². The molecule has 6 nitrogen and oxygen atoms in total. The molecule has 68 valence electrons. The Morgan fingerprint density at radius 2 is 2.46 bits per heavy atom. The lowest BCUT2D eigenvalue weighted by atomic mass is 10.4. The van der Waals surface area contributed by atoms with Gasteiger partial charge < -0.3 is 10.3 Å². The van der Waals surface area contributed by atoms with Crippen LogP contribution in [0.2, 0.25) is 0 Å². The summed E-state index contributed by atoms with van der Waals surface area (Å²) in [6.07, 6.45) is 1.47. The maximum atomic E-state index is 5.41. The first-order chi connectivity index (χ1) is 6.31. The number of nitrogen functional groups attached to an aromatic ring is 1. The van der Waals surface area contributed by atoms with Gasteiger partial charge in [0.05, 0.1) is 0 Å². The average Bonchev–Trinajstić information content (AvgIpc) is 2.71. The zero-order valence-corrected chi connectivity index (χ0v) is 7.14. The third kappa shape index (κ3) is 1.26. The molecular weight excluding hydrogens is 170 g/mol. The first-order valence-electron chi connectivity index (χ1n) is 3.91. The maximum Gasteiger partial charge on any atom is 0.206 e. The highest BCUT2D eigenvalue weighted by atomic mass is 16.5. The molecule has 0 saturated carbocycles. The summed E-state index contributed by atoms with van der Waals surface area (Å²) in [5.41, 5.74) is 5.41. The quantitative estimate of drug-likeness (QED) is 0.727. The second-order valence-corrected chi connectivity index (χ2v) is 2.52. The van der Waals surface area contributed by atoms with Crippen LogP contribution in [0.5, 0.6) is 0 Å². The molecule has 13 heavy (non-hydrogen) atoms. The molecule has 0 fully saturated rings. The summed E-state index contributed by atoms with van der Waals surface area (Å²) < 4.78 is 6.66. The van der Waals surface area contributed by atoms with Crippen molar-refractivity contribution in [2.24, 2.45) is 0 Å². The second kappa shape index (κ2) is 2.89. The van der Waals surface area contributed by atoms with Crippen molar-refractivity contribution in [3.8, 4) is 11.6 Å². The van der Waals surface area contributed by atoms with Gasteiger partial charge in [-0.25, -0.2) is 9.67 Å². The summed E-state index contributed by atoms with van der Waals surface area (Å²) in [7, 11) is 0. The van der Waals surface area contributed by atoms with Crippen LogP contribution in [0, 0.1) is 0 Å². The molecule has 2 heterocycles. The van der Waals surface area contributed by atoms with Crippen molar-refractivity contribution in [2.45, 2.75) is 13.5 Å². The molecule has 0 bridgehead atoms. The molecule has 0 aliphatic heterocycles. The molecule has 2 aromatic rings. The lowest BCUT2D eigenvalue weighted by Gasteiger charge is -1.96. The van der Waals surface area contributed by atoms with Gasteiger partial charge in [0.25, 0.3) is 0 Å². The SMILES string of the molecule is CCn1ncnc1-c1cc(N)no1. The Bertz CT molecular complexity index is 404. The molecule has 0 saturated heterocycles. The van der Waals surface area contributed by atoms with E-state index in [1.54, 1.807) is 10.7 Å². The lowest BCUT2D eigenvalue weighted by Crippen LogP contribution is -1.98. The summed E-state index contributed by atoms with van der Waals surface area (Å²) in [5, 5.41) is 7.57. The van der Waals surface area contributed by atoms with Crippen LogP contribution in [-0.2, 0) is 6.54 Å². The molecule has 0 aliphatic carbocycles. The van der Waals surface area contributed by atoms with E-state index in [2.05, 4.69) is 15.2 Å². The minimum absolute atomic E-state index is 0.348. The number of hydrogen-bond donors (Lipinski definition) is 1. The van der Waals surface area contributed by atoms with Crippen molar-refractivity contribution in [3.05, 3.63) is 12.4 Å².